The lowest BCUT2D eigenvalue weighted by atomic mass is 10.1. The fraction of sp³-hybridized carbons (Fsp3) is 0.118. The molecule has 0 radical (unpaired) electrons. The molecule has 0 bridgehead atoms. The van der Waals surface area contributed by atoms with Crippen molar-refractivity contribution in [3.05, 3.63) is 65.2 Å². The number of hydrogen-bond acceptors (Lipinski definition) is 3. The molecule has 1 aromatic heterocycles. The molecule has 0 unspecified atom stereocenters. The molecular formula is C17H13FO4. The molecule has 0 aliphatic heterocycles. The van der Waals surface area contributed by atoms with Crippen molar-refractivity contribution in [2.24, 2.45) is 0 Å². The summed E-state index contributed by atoms with van der Waals surface area (Å²) >= 11 is 0. The lowest BCUT2D eigenvalue weighted by molar-refractivity contribution is 0.0697. The maximum atomic E-state index is 13.1. The summed E-state index contributed by atoms with van der Waals surface area (Å²) in [5.41, 5.74) is 1.32. The van der Waals surface area contributed by atoms with Gasteiger partial charge < -0.3 is 14.3 Å². The molecule has 3 rings (SSSR count). The van der Waals surface area contributed by atoms with Crippen LogP contribution in [0, 0.1) is 12.7 Å². The van der Waals surface area contributed by atoms with Gasteiger partial charge in [0.2, 0.25) is 0 Å². The van der Waals surface area contributed by atoms with Gasteiger partial charge in [0.05, 0.1) is 0 Å². The molecule has 0 atom stereocenters. The van der Waals surface area contributed by atoms with Gasteiger partial charge in [-0.15, -0.1) is 0 Å². The molecular weight excluding hydrogens is 287 g/mol. The predicted octanol–water partition coefficient (Wildman–Crippen LogP) is 4.16. The van der Waals surface area contributed by atoms with E-state index in [1.165, 1.54) is 12.1 Å². The topological polar surface area (TPSA) is 59.7 Å². The van der Waals surface area contributed by atoms with Crippen molar-refractivity contribution in [1.82, 2.24) is 0 Å². The first-order valence-corrected chi connectivity index (χ1v) is 6.68. The van der Waals surface area contributed by atoms with Crippen LogP contribution in [0.3, 0.4) is 0 Å². The number of halogens is 1. The number of rotatable bonds is 4. The van der Waals surface area contributed by atoms with Crippen molar-refractivity contribution in [3.63, 3.8) is 0 Å². The van der Waals surface area contributed by atoms with Crippen LogP contribution in [-0.2, 0) is 6.61 Å². The zero-order valence-corrected chi connectivity index (χ0v) is 11.8. The Morgan fingerprint density at radius 1 is 1.27 bits per heavy atom. The van der Waals surface area contributed by atoms with Crippen LogP contribution in [0.15, 0.2) is 46.9 Å². The van der Waals surface area contributed by atoms with Crippen molar-refractivity contribution in [2.45, 2.75) is 13.5 Å². The predicted molar refractivity (Wildman–Crippen MR) is 78.6 cm³/mol. The minimum atomic E-state index is -1.04. The van der Waals surface area contributed by atoms with Crippen LogP contribution in [0.4, 0.5) is 4.39 Å². The molecule has 2 aromatic carbocycles. The smallest absolute Gasteiger partial charge is 0.339 e. The summed E-state index contributed by atoms with van der Waals surface area (Å²) in [5.74, 6) is -0.515. The molecule has 0 aliphatic carbocycles. The monoisotopic (exact) mass is 300 g/mol. The number of benzene rings is 2. The van der Waals surface area contributed by atoms with Gasteiger partial charge >= 0.3 is 5.97 Å². The summed E-state index contributed by atoms with van der Waals surface area (Å²) in [6, 6.07) is 11.1. The molecule has 0 aliphatic rings. The molecule has 0 saturated heterocycles. The lowest BCUT2D eigenvalue weighted by Gasteiger charge is -2.06. The van der Waals surface area contributed by atoms with E-state index in [-0.39, 0.29) is 18.0 Å². The molecule has 3 aromatic rings. The van der Waals surface area contributed by atoms with Gasteiger partial charge in [-0.2, -0.15) is 0 Å². The van der Waals surface area contributed by atoms with E-state index in [1.54, 1.807) is 37.3 Å². The number of ether oxygens (including phenoxy) is 1. The van der Waals surface area contributed by atoms with Crippen LogP contribution >= 0.6 is 0 Å². The van der Waals surface area contributed by atoms with Gasteiger partial charge in [-0.3, -0.25) is 0 Å². The van der Waals surface area contributed by atoms with E-state index in [0.717, 1.165) is 0 Å². The van der Waals surface area contributed by atoms with Crippen molar-refractivity contribution >= 4 is 16.9 Å². The van der Waals surface area contributed by atoms with E-state index in [4.69, 9.17) is 9.15 Å². The molecule has 1 N–H and O–H groups in total. The van der Waals surface area contributed by atoms with Crippen molar-refractivity contribution < 1.29 is 23.4 Å². The molecule has 22 heavy (non-hydrogen) atoms. The van der Waals surface area contributed by atoms with E-state index in [2.05, 4.69) is 0 Å². The Bertz CT molecular complexity index is 851. The molecule has 0 amide bonds. The average Bonchev–Trinajstić information content (AvgIpc) is 2.80. The summed E-state index contributed by atoms with van der Waals surface area (Å²) in [4.78, 5) is 11.3. The second-order valence-corrected chi connectivity index (χ2v) is 4.91. The average molecular weight is 300 g/mol. The maximum absolute atomic E-state index is 13.1. The number of hydrogen-bond donors (Lipinski definition) is 1. The maximum Gasteiger partial charge on any atom is 0.339 e. The Labute approximate surface area is 125 Å². The van der Waals surface area contributed by atoms with Gasteiger partial charge in [-0.25, -0.2) is 9.18 Å². The van der Waals surface area contributed by atoms with Crippen LogP contribution < -0.4 is 4.74 Å². The molecule has 112 valence electrons. The van der Waals surface area contributed by atoms with Crippen LogP contribution in [0.1, 0.15) is 21.7 Å². The second-order valence-electron chi connectivity index (χ2n) is 4.91. The molecule has 0 saturated carbocycles. The molecule has 0 fully saturated rings. The van der Waals surface area contributed by atoms with Crippen LogP contribution in [-0.4, -0.2) is 11.1 Å². The Hall–Kier alpha value is -2.82. The van der Waals surface area contributed by atoms with Gasteiger partial charge in [0.15, 0.2) is 0 Å². The summed E-state index contributed by atoms with van der Waals surface area (Å²) in [6.07, 6.45) is 0. The number of fused-ring (bicyclic) bond motifs is 1. The van der Waals surface area contributed by atoms with E-state index in [1.807, 2.05) is 0 Å². The third-order valence-electron chi connectivity index (χ3n) is 3.34. The molecule has 0 spiro atoms. The largest absolute Gasteiger partial charge is 0.489 e. The van der Waals surface area contributed by atoms with E-state index >= 15 is 0 Å². The SMILES string of the molecule is Cc1oc2ccc(OCc3cccc(F)c3)cc2c1C(=O)O. The Kier molecular flexibility index (Phi) is 3.55. The summed E-state index contributed by atoms with van der Waals surface area (Å²) in [5, 5.41) is 9.73. The summed E-state index contributed by atoms with van der Waals surface area (Å²) < 4.78 is 24.1. The minimum absolute atomic E-state index is 0.131. The highest BCUT2D eigenvalue weighted by atomic mass is 19.1. The van der Waals surface area contributed by atoms with Gasteiger partial charge in [0.25, 0.3) is 0 Å². The Morgan fingerprint density at radius 3 is 2.82 bits per heavy atom. The number of aryl methyl sites for hydroxylation is 1. The minimum Gasteiger partial charge on any atom is -0.489 e. The number of furan rings is 1. The first-order chi connectivity index (χ1) is 10.5. The fourth-order valence-corrected chi connectivity index (χ4v) is 2.35. The molecule has 5 heteroatoms. The van der Waals surface area contributed by atoms with Crippen molar-refractivity contribution in [3.8, 4) is 5.75 Å². The fourth-order valence-electron chi connectivity index (χ4n) is 2.35. The number of carbonyl (C=O) groups is 1. The third kappa shape index (κ3) is 2.65. The van der Waals surface area contributed by atoms with Crippen LogP contribution in [0.5, 0.6) is 5.75 Å². The molecule has 4 nitrogen and oxygen atoms in total. The van der Waals surface area contributed by atoms with E-state index in [0.29, 0.717) is 28.0 Å². The van der Waals surface area contributed by atoms with Gasteiger partial charge in [-0.05, 0) is 42.8 Å². The molecule has 1 heterocycles. The normalized spacial score (nSPS) is 10.8. The van der Waals surface area contributed by atoms with E-state index < -0.39 is 5.97 Å². The van der Waals surface area contributed by atoms with Gasteiger partial charge in [-0.1, -0.05) is 12.1 Å². The van der Waals surface area contributed by atoms with E-state index in [9.17, 15) is 14.3 Å². The second kappa shape index (κ2) is 5.52. The summed E-state index contributed by atoms with van der Waals surface area (Å²) in [7, 11) is 0. The number of aromatic carboxylic acids is 1. The highest BCUT2D eigenvalue weighted by Gasteiger charge is 2.17. The van der Waals surface area contributed by atoms with Crippen molar-refractivity contribution in [2.75, 3.05) is 0 Å². The van der Waals surface area contributed by atoms with Crippen LogP contribution in [0.25, 0.3) is 11.0 Å². The quantitative estimate of drug-likeness (QED) is 0.786. The van der Waals surface area contributed by atoms with Crippen molar-refractivity contribution in [1.29, 1.82) is 0 Å². The zero-order chi connectivity index (χ0) is 15.7. The first kappa shape index (κ1) is 14.1. The van der Waals surface area contributed by atoms with Gasteiger partial charge in [0, 0.05) is 5.39 Å². The first-order valence-electron chi connectivity index (χ1n) is 6.68. The van der Waals surface area contributed by atoms with Crippen LogP contribution in [0.2, 0.25) is 0 Å². The third-order valence-corrected chi connectivity index (χ3v) is 3.34. The lowest BCUT2D eigenvalue weighted by Crippen LogP contribution is -1.98. The Morgan fingerprint density at radius 2 is 2.09 bits per heavy atom. The highest BCUT2D eigenvalue weighted by Crippen LogP contribution is 2.29. The summed E-state index contributed by atoms with van der Waals surface area (Å²) in [6.45, 7) is 1.80. The van der Waals surface area contributed by atoms with Gasteiger partial charge in [0.1, 0.15) is 35.1 Å². The zero-order valence-electron chi connectivity index (χ0n) is 11.8. The number of carboxylic acids is 1. The Balaban J connectivity index is 1.88. The standard InChI is InChI=1S/C17H13FO4/c1-10-16(17(19)20)14-8-13(5-6-15(14)22-10)21-9-11-3-2-4-12(18)7-11/h2-8H,9H2,1H3,(H,19,20). The highest BCUT2D eigenvalue weighted by molar-refractivity contribution is 6.03. The number of carboxylic acid groups (broad SMARTS) is 1.